The highest BCUT2D eigenvalue weighted by Gasteiger charge is 2.23. The first-order valence-corrected chi connectivity index (χ1v) is 26.3. The number of unbranched alkanes of at least 4 members (excludes halogenated alkanes) is 13. The van der Waals surface area contributed by atoms with Crippen LogP contribution in [0.15, 0.2) is 122 Å². The molecule has 0 saturated carbocycles. The Morgan fingerprint density at radius 3 is 1.29 bits per heavy atom. The van der Waals surface area contributed by atoms with Gasteiger partial charge in [0.2, 0.25) is 5.91 Å². The van der Waals surface area contributed by atoms with Crippen LogP contribution in [0.5, 0.6) is 0 Å². The second-order valence-corrected chi connectivity index (χ2v) is 17.2. The molecule has 0 aromatic carbocycles. The summed E-state index contributed by atoms with van der Waals surface area (Å²) in [6, 6.07) is -0.742. The quantitative estimate of drug-likeness (QED) is 0.0321. The van der Waals surface area contributed by atoms with Crippen molar-refractivity contribution >= 4 is 11.9 Å². The zero-order valence-electron chi connectivity index (χ0n) is 41.8. The van der Waals surface area contributed by atoms with Crippen molar-refractivity contribution in [3.05, 3.63) is 122 Å². The van der Waals surface area contributed by atoms with E-state index in [1.807, 2.05) is 6.08 Å². The maximum absolute atomic E-state index is 13.2. The average Bonchev–Trinajstić information content (AvgIpc) is 3.30. The molecule has 0 heterocycles. The molecule has 0 spiro atoms. The van der Waals surface area contributed by atoms with E-state index in [0.717, 1.165) is 89.9 Å². The van der Waals surface area contributed by atoms with E-state index >= 15 is 0 Å². The van der Waals surface area contributed by atoms with Crippen molar-refractivity contribution in [1.29, 1.82) is 0 Å². The molecule has 0 bridgehead atoms. The molecule has 6 nitrogen and oxygen atoms in total. The van der Waals surface area contributed by atoms with Gasteiger partial charge in [-0.3, -0.25) is 9.59 Å². The molecular weight excluding hydrogens is 803 g/mol. The van der Waals surface area contributed by atoms with Crippen molar-refractivity contribution in [3.8, 4) is 0 Å². The minimum Gasteiger partial charge on any atom is -0.462 e. The fourth-order valence-electron chi connectivity index (χ4n) is 7.09. The zero-order chi connectivity index (χ0) is 47.4. The Balaban J connectivity index is 4.84. The van der Waals surface area contributed by atoms with Crippen molar-refractivity contribution in [2.45, 2.75) is 232 Å². The van der Waals surface area contributed by atoms with Crippen LogP contribution in [-0.4, -0.2) is 46.9 Å². The Bertz CT molecular complexity index is 1380. The minimum atomic E-state index is -0.821. The number of carbonyl (C=O) groups excluding carboxylic acids is 2. The third-order valence-electron chi connectivity index (χ3n) is 11.0. The lowest BCUT2D eigenvalue weighted by molar-refractivity contribution is -0.150. The third-order valence-corrected chi connectivity index (χ3v) is 11.0. The third kappa shape index (κ3) is 46.6. The molecule has 3 N–H and O–H groups in total. The monoisotopic (exact) mass is 900 g/mol. The Kier molecular flexibility index (Phi) is 48.3. The maximum atomic E-state index is 13.2. The van der Waals surface area contributed by atoms with E-state index in [4.69, 9.17) is 4.74 Å². The van der Waals surface area contributed by atoms with E-state index in [0.29, 0.717) is 19.3 Å². The molecule has 1 amide bonds. The van der Waals surface area contributed by atoms with Crippen LogP contribution in [0.25, 0.3) is 0 Å². The highest BCUT2D eigenvalue weighted by atomic mass is 16.5. The smallest absolute Gasteiger partial charge is 0.306 e. The van der Waals surface area contributed by atoms with E-state index < -0.39 is 18.2 Å². The number of nitrogens with one attached hydrogen (secondary N) is 1. The summed E-state index contributed by atoms with van der Waals surface area (Å²) >= 11 is 0. The number of hydrogen-bond acceptors (Lipinski definition) is 5. The number of aliphatic hydroxyl groups is 2. The van der Waals surface area contributed by atoms with Crippen molar-refractivity contribution in [2.75, 3.05) is 6.61 Å². The lowest BCUT2D eigenvalue weighted by Gasteiger charge is -2.24. The number of hydrogen-bond donors (Lipinski definition) is 3. The molecule has 6 heteroatoms. The Morgan fingerprint density at radius 2 is 0.846 bits per heavy atom. The number of amides is 1. The van der Waals surface area contributed by atoms with Gasteiger partial charge in [-0.25, -0.2) is 0 Å². The van der Waals surface area contributed by atoms with E-state index in [9.17, 15) is 19.8 Å². The molecule has 0 saturated heterocycles. The first-order chi connectivity index (χ1) is 32.0. The minimum absolute atomic E-state index is 0.00173. The molecule has 3 atom stereocenters. The van der Waals surface area contributed by atoms with Crippen LogP contribution in [0.2, 0.25) is 0 Å². The fraction of sp³-hybridized carbons (Fsp3) is 0.627. The fourth-order valence-corrected chi connectivity index (χ4v) is 7.09. The topological polar surface area (TPSA) is 95.9 Å². The first-order valence-electron chi connectivity index (χ1n) is 26.3. The Hall–Kier alpha value is -3.74. The van der Waals surface area contributed by atoms with E-state index in [-0.39, 0.29) is 31.3 Å². The van der Waals surface area contributed by atoms with Crippen LogP contribution in [0, 0.1) is 0 Å². The molecular formula is C59H97NO5. The maximum Gasteiger partial charge on any atom is 0.306 e. The van der Waals surface area contributed by atoms with Crippen molar-refractivity contribution < 1.29 is 24.5 Å². The number of rotatable bonds is 45. The molecule has 0 aliphatic heterocycles. The summed E-state index contributed by atoms with van der Waals surface area (Å²) in [5, 5.41) is 23.7. The van der Waals surface area contributed by atoms with Crippen molar-refractivity contribution in [1.82, 2.24) is 5.32 Å². The molecule has 0 aromatic rings. The normalized spacial score (nSPS) is 14.2. The highest BCUT2D eigenvalue weighted by Crippen LogP contribution is 2.15. The van der Waals surface area contributed by atoms with E-state index in [2.05, 4.69) is 142 Å². The van der Waals surface area contributed by atoms with E-state index in [1.54, 1.807) is 0 Å². The van der Waals surface area contributed by atoms with Gasteiger partial charge in [0.1, 0.15) is 6.10 Å². The van der Waals surface area contributed by atoms with Gasteiger partial charge in [0.25, 0.3) is 0 Å². The summed E-state index contributed by atoms with van der Waals surface area (Å²) in [5.41, 5.74) is 0. The largest absolute Gasteiger partial charge is 0.462 e. The van der Waals surface area contributed by atoms with Gasteiger partial charge in [-0.2, -0.15) is 0 Å². The van der Waals surface area contributed by atoms with Crippen LogP contribution in [0.3, 0.4) is 0 Å². The van der Waals surface area contributed by atoms with Crippen molar-refractivity contribution in [2.24, 2.45) is 0 Å². The van der Waals surface area contributed by atoms with Gasteiger partial charge in [-0.05, 0) is 103 Å². The predicted octanol–water partition coefficient (Wildman–Crippen LogP) is 16.1. The van der Waals surface area contributed by atoms with E-state index in [1.165, 1.54) is 70.6 Å². The van der Waals surface area contributed by atoms with Crippen LogP contribution in [-0.2, 0) is 14.3 Å². The molecule has 0 aromatic heterocycles. The summed E-state index contributed by atoms with van der Waals surface area (Å²) < 4.78 is 5.87. The average molecular weight is 900 g/mol. The van der Waals surface area contributed by atoms with Gasteiger partial charge >= 0.3 is 5.97 Å². The highest BCUT2D eigenvalue weighted by molar-refractivity contribution is 5.77. The summed E-state index contributed by atoms with van der Waals surface area (Å²) in [5.74, 6) is -0.640. The number of aliphatic hydroxyl groups excluding tert-OH is 2. The van der Waals surface area contributed by atoms with Gasteiger partial charge in [0, 0.05) is 6.42 Å². The molecule has 0 rings (SSSR count). The first kappa shape index (κ1) is 61.3. The molecule has 3 unspecified atom stereocenters. The van der Waals surface area contributed by atoms with Crippen LogP contribution in [0.4, 0.5) is 0 Å². The molecule has 0 aliphatic rings. The van der Waals surface area contributed by atoms with Crippen LogP contribution >= 0.6 is 0 Å². The molecule has 368 valence electrons. The standard InChI is InChI=1S/C59H97NO5/c1-4-7-10-13-16-19-22-24-26-28-29-31-33-35-37-40-43-46-49-52-59(64)65-55(50-47-44-41-38-36-34-32-30-27-25-23-20-17-14-11-8-5-2)53-58(63)60-56(54-61)57(62)51-48-45-42-39-21-18-15-12-9-6-3/h7,10,16-17,19-20,24-27,29,31-32,34-35,37-38,41,43,46,55-57,61-62H,4-6,8-9,11-15,18,21-23,28,30,33,36,39-40,42,44-45,47-54H2,1-3H3,(H,60,63)/b10-7-,19-16-,20-17-,26-24-,27-25-,31-29-,34-32-,37-35-,41-38-,46-43-. The second kappa shape index (κ2) is 51.2. The number of esters is 1. The van der Waals surface area contributed by atoms with Gasteiger partial charge < -0.3 is 20.3 Å². The second-order valence-electron chi connectivity index (χ2n) is 17.2. The molecule has 0 aliphatic carbocycles. The predicted molar refractivity (Wildman–Crippen MR) is 282 cm³/mol. The number of carbonyl (C=O) groups is 2. The van der Waals surface area contributed by atoms with Gasteiger partial charge in [0.15, 0.2) is 0 Å². The lowest BCUT2D eigenvalue weighted by atomic mass is 10.0. The molecule has 0 radical (unpaired) electrons. The summed E-state index contributed by atoms with van der Waals surface area (Å²) in [6.07, 6.45) is 71.3. The Labute approximate surface area is 400 Å². The Morgan fingerprint density at radius 1 is 0.462 bits per heavy atom. The van der Waals surface area contributed by atoms with Gasteiger partial charge in [-0.1, -0.05) is 219 Å². The van der Waals surface area contributed by atoms with Crippen molar-refractivity contribution in [3.63, 3.8) is 0 Å². The molecule has 65 heavy (non-hydrogen) atoms. The summed E-state index contributed by atoms with van der Waals surface area (Å²) in [6.45, 7) is 6.28. The lowest BCUT2D eigenvalue weighted by Crippen LogP contribution is -2.46. The molecule has 0 fully saturated rings. The van der Waals surface area contributed by atoms with Crippen LogP contribution < -0.4 is 5.32 Å². The number of allylic oxidation sites excluding steroid dienone is 20. The zero-order valence-corrected chi connectivity index (χ0v) is 41.8. The summed E-state index contributed by atoms with van der Waals surface area (Å²) in [7, 11) is 0. The number of ether oxygens (including phenoxy) is 1. The van der Waals surface area contributed by atoms with Gasteiger partial charge in [0.05, 0.1) is 25.2 Å². The summed E-state index contributed by atoms with van der Waals surface area (Å²) in [4.78, 5) is 26.1. The van der Waals surface area contributed by atoms with Crippen LogP contribution in [0.1, 0.15) is 213 Å². The SMILES string of the molecule is CC/C=C\C/C=C\C/C=C\C/C=C\C/C=C\C/C=C\CCC(=O)OC(CCC/C=C\C/C=C\C/C=C\C/C=C\CCCCC)CC(=O)NC(CO)C(O)CCCCCCCCCCCC. The van der Waals surface area contributed by atoms with Gasteiger partial charge in [-0.15, -0.1) is 0 Å².